The van der Waals surface area contributed by atoms with Crippen molar-refractivity contribution in [2.24, 2.45) is 0 Å². The lowest BCUT2D eigenvalue weighted by molar-refractivity contribution is 0.563. The molecule has 0 unspecified atom stereocenters. The normalized spacial score (nSPS) is 14.1. The summed E-state index contributed by atoms with van der Waals surface area (Å²) in [7, 11) is 0. The van der Waals surface area contributed by atoms with Crippen LogP contribution in [0.5, 0.6) is 0 Å². The molecule has 0 atom stereocenters. The molecule has 1 aliphatic heterocycles. The molecule has 2 heterocycles. The van der Waals surface area contributed by atoms with Crippen LogP contribution in [0.3, 0.4) is 0 Å². The van der Waals surface area contributed by atoms with Crippen LogP contribution in [0.1, 0.15) is 18.4 Å². The smallest absolute Gasteiger partial charge is 0.272 e. The first-order valence-electron chi connectivity index (χ1n) is 6.65. The molecule has 2 aromatic rings. The molecule has 1 aliphatic rings. The molecule has 0 saturated carbocycles. The van der Waals surface area contributed by atoms with E-state index in [1.807, 2.05) is 18.2 Å². The summed E-state index contributed by atoms with van der Waals surface area (Å²) >= 11 is 7.75. The van der Waals surface area contributed by atoms with Gasteiger partial charge in [0.05, 0.1) is 10.7 Å². The van der Waals surface area contributed by atoms with Gasteiger partial charge in [-0.15, -0.1) is 0 Å². The second-order valence-corrected chi connectivity index (χ2v) is 6.19. The Morgan fingerprint density at radius 1 is 1.33 bits per heavy atom. The minimum absolute atomic E-state index is 0.0642. The minimum Gasteiger partial charge on any atom is -0.286 e. The third-order valence-electron chi connectivity index (χ3n) is 3.38. The van der Waals surface area contributed by atoms with E-state index >= 15 is 0 Å². The molecule has 21 heavy (non-hydrogen) atoms. The van der Waals surface area contributed by atoms with Gasteiger partial charge in [0.1, 0.15) is 11.6 Å². The van der Waals surface area contributed by atoms with Gasteiger partial charge in [-0.25, -0.2) is 4.98 Å². The zero-order valence-electron chi connectivity index (χ0n) is 11.2. The Bertz CT molecular complexity index is 794. The standard InChI is InChI=1S/C15H12ClN3OS/c16-12-6-2-1-5-10(12)13-11(9-17)14(20)19-7-3-4-8-21-15(19)18-13/h1-2,5-6H,3-4,7-8H2. The maximum Gasteiger partial charge on any atom is 0.272 e. The molecule has 0 fully saturated rings. The topological polar surface area (TPSA) is 58.7 Å². The predicted octanol–water partition coefficient (Wildman–Crippen LogP) is 3.32. The molecule has 106 valence electrons. The molecule has 0 bridgehead atoms. The molecule has 3 rings (SSSR count). The molecule has 0 aliphatic carbocycles. The van der Waals surface area contributed by atoms with Gasteiger partial charge in [0, 0.05) is 17.9 Å². The number of fused-ring (bicyclic) bond motifs is 1. The SMILES string of the molecule is N#Cc1c(-c2ccccc2Cl)nc2n(c1=O)CCCCS2. The highest BCUT2D eigenvalue weighted by atomic mass is 35.5. The van der Waals surface area contributed by atoms with Crippen molar-refractivity contribution in [1.82, 2.24) is 9.55 Å². The van der Waals surface area contributed by atoms with Crippen molar-refractivity contribution in [3.8, 4) is 17.3 Å². The van der Waals surface area contributed by atoms with E-state index in [1.54, 1.807) is 28.5 Å². The van der Waals surface area contributed by atoms with Gasteiger partial charge in [-0.1, -0.05) is 41.6 Å². The van der Waals surface area contributed by atoms with Crippen molar-refractivity contribution < 1.29 is 0 Å². The Balaban J connectivity index is 2.29. The monoisotopic (exact) mass is 317 g/mol. The average Bonchev–Trinajstić information content (AvgIpc) is 2.73. The molecule has 6 heteroatoms. The number of halogens is 1. The first-order valence-corrected chi connectivity index (χ1v) is 8.01. The fourth-order valence-electron chi connectivity index (χ4n) is 2.33. The lowest BCUT2D eigenvalue weighted by Crippen LogP contribution is -2.26. The molecular weight excluding hydrogens is 306 g/mol. The van der Waals surface area contributed by atoms with Crippen LogP contribution < -0.4 is 5.56 Å². The van der Waals surface area contributed by atoms with Gasteiger partial charge in [-0.3, -0.25) is 9.36 Å². The first-order chi connectivity index (χ1) is 10.2. The second kappa shape index (κ2) is 5.92. The molecule has 0 amide bonds. The van der Waals surface area contributed by atoms with Crippen LogP contribution in [0.15, 0.2) is 34.2 Å². The number of nitrogens with zero attached hydrogens (tertiary/aromatic N) is 3. The van der Waals surface area contributed by atoms with Crippen molar-refractivity contribution in [2.45, 2.75) is 24.5 Å². The maximum atomic E-state index is 12.5. The maximum absolute atomic E-state index is 12.5. The quantitative estimate of drug-likeness (QED) is 0.757. The van der Waals surface area contributed by atoms with Crippen molar-refractivity contribution in [2.75, 3.05) is 5.75 Å². The van der Waals surface area contributed by atoms with Crippen LogP contribution in [0, 0.1) is 11.3 Å². The average molecular weight is 318 g/mol. The third-order valence-corrected chi connectivity index (χ3v) is 4.77. The fraction of sp³-hybridized carbons (Fsp3) is 0.267. The van der Waals surface area contributed by atoms with Crippen molar-refractivity contribution in [3.63, 3.8) is 0 Å². The number of thioether (sulfide) groups is 1. The van der Waals surface area contributed by atoms with Gasteiger partial charge >= 0.3 is 0 Å². The summed E-state index contributed by atoms with van der Waals surface area (Å²) in [6.45, 7) is 0.617. The number of hydrogen-bond acceptors (Lipinski definition) is 4. The van der Waals surface area contributed by atoms with Crippen LogP contribution in [-0.2, 0) is 6.54 Å². The largest absolute Gasteiger partial charge is 0.286 e. The van der Waals surface area contributed by atoms with Crippen molar-refractivity contribution in [1.29, 1.82) is 5.26 Å². The van der Waals surface area contributed by atoms with E-state index in [4.69, 9.17) is 11.6 Å². The molecule has 0 spiro atoms. The van der Waals surface area contributed by atoms with Crippen LogP contribution in [0.25, 0.3) is 11.3 Å². The second-order valence-electron chi connectivity index (χ2n) is 4.72. The zero-order valence-corrected chi connectivity index (χ0v) is 12.7. The van der Waals surface area contributed by atoms with Crippen molar-refractivity contribution in [3.05, 3.63) is 45.2 Å². The molecule has 0 N–H and O–H groups in total. The van der Waals surface area contributed by atoms with Gasteiger partial charge < -0.3 is 0 Å². The highest BCUT2D eigenvalue weighted by Gasteiger charge is 2.20. The lowest BCUT2D eigenvalue weighted by Gasteiger charge is -2.12. The third kappa shape index (κ3) is 2.57. The van der Waals surface area contributed by atoms with Gasteiger partial charge in [-0.2, -0.15) is 5.26 Å². The van der Waals surface area contributed by atoms with E-state index in [0.717, 1.165) is 18.6 Å². The van der Waals surface area contributed by atoms with Gasteiger partial charge in [0.15, 0.2) is 5.16 Å². The van der Waals surface area contributed by atoms with Gasteiger partial charge in [0.25, 0.3) is 5.56 Å². The zero-order chi connectivity index (χ0) is 14.8. The summed E-state index contributed by atoms with van der Waals surface area (Å²) in [6.07, 6.45) is 1.97. The predicted molar refractivity (Wildman–Crippen MR) is 83.6 cm³/mol. The highest BCUT2D eigenvalue weighted by molar-refractivity contribution is 7.99. The number of hydrogen-bond donors (Lipinski definition) is 0. The van der Waals surface area contributed by atoms with Gasteiger partial charge in [0.2, 0.25) is 0 Å². The first kappa shape index (κ1) is 14.2. The molecule has 4 nitrogen and oxygen atoms in total. The molecule has 0 saturated heterocycles. The molecule has 0 radical (unpaired) electrons. The number of rotatable bonds is 1. The summed E-state index contributed by atoms with van der Waals surface area (Å²) in [5.41, 5.74) is 0.802. The van der Waals surface area contributed by atoms with E-state index in [2.05, 4.69) is 4.98 Å². The molecule has 1 aromatic heterocycles. The summed E-state index contributed by atoms with van der Waals surface area (Å²) in [5, 5.41) is 10.5. The van der Waals surface area contributed by atoms with E-state index in [1.165, 1.54) is 0 Å². The van der Waals surface area contributed by atoms with Crippen LogP contribution >= 0.6 is 23.4 Å². The Morgan fingerprint density at radius 2 is 2.14 bits per heavy atom. The number of nitriles is 1. The highest BCUT2D eigenvalue weighted by Crippen LogP contribution is 2.30. The van der Waals surface area contributed by atoms with Crippen LogP contribution in [0.2, 0.25) is 5.02 Å². The van der Waals surface area contributed by atoms with Gasteiger partial charge in [-0.05, 0) is 18.9 Å². The Kier molecular flexibility index (Phi) is 4.00. The summed E-state index contributed by atoms with van der Waals surface area (Å²) in [4.78, 5) is 17.1. The van der Waals surface area contributed by atoms with Crippen LogP contribution in [0.4, 0.5) is 0 Å². The van der Waals surface area contributed by atoms with E-state index in [9.17, 15) is 10.1 Å². The molecule has 1 aromatic carbocycles. The minimum atomic E-state index is -0.271. The lowest BCUT2D eigenvalue weighted by atomic mass is 10.1. The number of aromatic nitrogens is 2. The van der Waals surface area contributed by atoms with Crippen LogP contribution in [-0.4, -0.2) is 15.3 Å². The summed E-state index contributed by atoms with van der Waals surface area (Å²) in [5.74, 6) is 0.931. The fourth-order valence-corrected chi connectivity index (χ4v) is 3.57. The summed E-state index contributed by atoms with van der Waals surface area (Å²) < 4.78 is 1.61. The van der Waals surface area contributed by atoms with E-state index < -0.39 is 0 Å². The van der Waals surface area contributed by atoms with E-state index in [-0.39, 0.29) is 11.1 Å². The summed E-state index contributed by atoms with van der Waals surface area (Å²) in [6, 6.07) is 9.14. The Labute approximate surface area is 131 Å². The van der Waals surface area contributed by atoms with E-state index in [0.29, 0.717) is 28.0 Å². The number of benzene rings is 1. The Morgan fingerprint density at radius 3 is 2.90 bits per heavy atom. The van der Waals surface area contributed by atoms with Crippen molar-refractivity contribution >= 4 is 23.4 Å². The molecular formula is C15H12ClN3OS. The Hall–Kier alpha value is -1.77.